The number of nitrogens with one attached hydrogen (secondary N) is 2. The van der Waals surface area contributed by atoms with Gasteiger partial charge in [0.25, 0.3) is 0 Å². The molecule has 1 aromatic heterocycles. The summed E-state index contributed by atoms with van der Waals surface area (Å²) in [7, 11) is 0. The number of aryl methyl sites for hydroxylation is 1. The van der Waals surface area contributed by atoms with E-state index in [4.69, 9.17) is 4.74 Å². The number of nitrogens with zero attached hydrogens (tertiary/aromatic N) is 1. The third-order valence-electron chi connectivity index (χ3n) is 6.11. The first-order valence-electron chi connectivity index (χ1n) is 11.5. The summed E-state index contributed by atoms with van der Waals surface area (Å²) in [5.74, 6) is -1.76. The predicted octanol–water partition coefficient (Wildman–Crippen LogP) is 5.19. The Morgan fingerprint density at radius 1 is 1.09 bits per heavy atom. The van der Waals surface area contributed by atoms with Crippen molar-refractivity contribution in [3.8, 4) is 11.1 Å². The fraction of sp³-hybridized carbons (Fsp3) is 0.308. The van der Waals surface area contributed by atoms with E-state index in [2.05, 4.69) is 27.1 Å². The number of aromatic nitrogens is 1. The van der Waals surface area contributed by atoms with Crippen LogP contribution in [-0.2, 0) is 9.53 Å². The molecule has 0 bridgehead atoms. The largest absolute Gasteiger partial charge is 0.478 e. The van der Waals surface area contributed by atoms with Crippen LogP contribution in [0.5, 0.6) is 0 Å². The molecule has 1 atom stereocenters. The molecule has 35 heavy (non-hydrogen) atoms. The average Bonchev–Trinajstić information content (AvgIpc) is 3.37. The van der Waals surface area contributed by atoms with Crippen LogP contribution in [0.15, 0.2) is 48.5 Å². The average molecular weight is 494 g/mol. The van der Waals surface area contributed by atoms with Gasteiger partial charge in [-0.05, 0) is 47.1 Å². The molecular weight excluding hydrogens is 466 g/mol. The second-order valence-corrected chi connectivity index (χ2v) is 9.20. The highest BCUT2D eigenvalue weighted by Gasteiger charge is 2.30. The molecule has 0 saturated heterocycles. The van der Waals surface area contributed by atoms with Crippen molar-refractivity contribution >= 4 is 34.5 Å². The number of carboxylic acids is 1. The first-order valence-corrected chi connectivity index (χ1v) is 12.3. The van der Waals surface area contributed by atoms with E-state index in [0.717, 1.165) is 40.2 Å². The first-order chi connectivity index (χ1) is 16.9. The fourth-order valence-electron chi connectivity index (χ4n) is 4.37. The number of amides is 2. The van der Waals surface area contributed by atoms with E-state index >= 15 is 0 Å². The Morgan fingerprint density at radius 3 is 2.31 bits per heavy atom. The molecule has 0 saturated carbocycles. The van der Waals surface area contributed by atoms with Crippen molar-refractivity contribution in [1.82, 2.24) is 9.69 Å². The lowest BCUT2D eigenvalue weighted by atomic mass is 9.98. The summed E-state index contributed by atoms with van der Waals surface area (Å²) in [6.45, 7) is 3.69. The Morgan fingerprint density at radius 2 is 1.71 bits per heavy atom. The zero-order valence-corrected chi connectivity index (χ0v) is 20.4. The van der Waals surface area contributed by atoms with Gasteiger partial charge < -0.3 is 20.5 Å². The SMILES string of the molecule is CCCCC(NC(=O)OCC1c2ccccc2-c2ccccc21)C(=O)Nc1snc(C)c1C(=O)O. The van der Waals surface area contributed by atoms with Gasteiger partial charge in [0.05, 0.1) is 5.69 Å². The maximum absolute atomic E-state index is 12.9. The molecule has 1 aliphatic carbocycles. The third kappa shape index (κ3) is 5.19. The molecule has 0 aliphatic heterocycles. The van der Waals surface area contributed by atoms with Crippen LogP contribution >= 0.6 is 11.5 Å². The maximum atomic E-state index is 12.9. The molecule has 1 unspecified atom stereocenters. The summed E-state index contributed by atoms with van der Waals surface area (Å²) < 4.78 is 9.60. The lowest BCUT2D eigenvalue weighted by Gasteiger charge is -2.19. The first kappa shape index (κ1) is 24.4. The standard InChI is InChI=1S/C26H27N3O5S/c1-3-4-13-21(23(30)28-24-22(25(31)32)15(2)29-35-24)27-26(33)34-14-20-18-11-7-5-9-16(18)17-10-6-8-12-19(17)20/h5-12,20-21H,3-4,13-14H2,1-2H3,(H,27,33)(H,28,30)(H,31,32). The van der Waals surface area contributed by atoms with Gasteiger partial charge in [0, 0.05) is 5.92 Å². The van der Waals surface area contributed by atoms with Crippen LogP contribution < -0.4 is 10.6 Å². The van der Waals surface area contributed by atoms with E-state index in [1.165, 1.54) is 0 Å². The van der Waals surface area contributed by atoms with Crippen LogP contribution in [0.3, 0.4) is 0 Å². The van der Waals surface area contributed by atoms with Crippen LogP contribution in [0, 0.1) is 6.92 Å². The van der Waals surface area contributed by atoms with Gasteiger partial charge in [-0.2, -0.15) is 4.37 Å². The van der Waals surface area contributed by atoms with Crippen molar-refractivity contribution in [2.75, 3.05) is 11.9 Å². The van der Waals surface area contributed by atoms with Gasteiger partial charge >= 0.3 is 12.1 Å². The van der Waals surface area contributed by atoms with Gasteiger partial charge in [0.1, 0.15) is 23.2 Å². The lowest BCUT2D eigenvalue weighted by molar-refractivity contribution is -0.118. The number of benzene rings is 2. The molecular formula is C26H27N3O5S. The molecule has 0 radical (unpaired) electrons. The molecule has 1 aliphatic rings. The van der Waals surface area contributed by atoms with E-state index < -0.39 is 24.0 Å². The topological polar surface area (TPSA) is 118 Å². The van der Waals surface area contributed by atoms with Crippen molar-refractivity contribution in [3.05, 3.63) is 70.9 Å². The van der Waals surface area contributed by atoms with Gasteiger partial charge in [0.2, 0.25) is 5.91 Å². The molecule has 2 aromatic carbocycles. The number of carbonyl (C=O) groups is 3. The minimum Gasteiger partial charge on any atom is -0.478 e. The predicted molar refractivity (Wildman–Crippen MR) is 134 cm³/mol. The van der Waals surface area contributed by atoms with E-state index in [1.807, 2.05) is 43.3 Å². The number of anilines is 1. The van der Waals surface area contributed by atoms with Gasteiger partial charge in [0.15, 0.2) is 0 Å². The Balaban J connectivity index is 1.43. The number of alkyl carbamates (subject to hydrolysis) is 1. The van der Waals surface area contributed by atoms with Crippen molar-refractivity contribution in [3.63, 3.8) is 0 Å². The second-order valence-electron chi connectivity index (χ2n) is 8.43. The summed E-state index contributed by atoms with van der Waals surface area (Å²) in [4.78, 5) is 37.2. The molecule has 2 amide bonds. The zero-order chi connectivity index (χ0) is 24.9. The monoisotopic (exact) mass is 493 g/mol. The number of carboxylic acid groups (broad SMARTS) is 1. The highest BCUT2D eigenvalue weighted by Crippen LogP contribution is 2.44. The highest BCUT2D eigenvalue weighted by molar-refractivity contribution is 7.11. The molecule has 0 fully saturated rings. The Hall–Kier alpha value is -3.72. The zero-order valence-electron chi connectivity index (χ0n) is 19.5. The molecule has 3 aromatic rings. The number of ether oxygens (including phenoxy) is 1. The Bertz CT molecular complexity index is 1210. The fourth-order valence-corrected chi connectivity index (χ4v) is 5.16. The quantitative estimate of drug-likeness (QED) is 0.378. The van der Waals surface area contributed by atoms with E-state index in [9.17, 15) is 19.5 Å². The van der Waals surface area contributed by atoms with Gasteiger partial charge in [-0.3, -0.25) is 4.79 Å². The van der Waals surface area contributed by atoms with Crippen molar-refractivity contribution in [2.24, 2.45) is 0 Å². The van der Waals surface area contributed by atoms with Gasteiger partial charge in [-0.15, -0.1) is 0 Å². The van der Waals surface area contributed by atoms with E-state index in [0.29, 0.717) is 18.5 Å². The minimum atomic E-state index is -1.17. The van der Waals surface area contributed by atoms with Crippen LogP contribution in [-0.4, -0.2) is 40.1 Å². The summed E-state index contributed by atoms with van der Waals surface area (Å²) in [5, 5.41) is 14.8. The Kier molecular flexibility index (Phi) is 7.45. The maximum Gasteiger partial charge on any atom is 0.407 e. The molecule has 182 valence electrons. The number of hydrogen-bond acceptors (Lipinski definition) is 6. The number of hydrogen-bond donors (Lipinski definition) is 3. The minimum absolute atomic E-state index is 0.0428. The van der Waals surface area contributed by atoms with Crippen molar-refractivity contribution < 1.29 is 24.2 Å². The van der Waals surface area contributed by atoms with Crippen LogP contribution in [0.4, 0.5) is 9.80 Å². The van der Waals surface area contributed by atoms with Crippen LogP contribution in [0.25, 0.3) is 11.1 Å². The number of rotatable bonds is 9. The lowest BCUT2D eigenvalue weighted by Crippen LogP contribution is -2.44. The molecule has 1 heterocycles. The summed E-state index contributed by atoms with van der Waals surface area (Å²) in [5.41, 5.74) is 4.75. The number of carbonyl (C=O) groups excluding carboxylic acids is 2. The molecule has 0 spiro atoms. The van der Waals surface area contributed by atoms with Crippen LogP contribution in [0.2, 0.25) is 0 Å². The van der Waals surface area contributed by atoms with E-state index in [-0.39, 0.29) is 23.1 Å². The van der Waals surface area contributed by atoms with Gasteiger partial charge in [-0.1, -0.05) is 68.3 Å². The van der Waals surface area contributed by atoms with Crippen molar-refractivity contribution in [1.29, 1.82) is 0 Å². The number of aromatic carboxylic acids is 1. The number of fused-ring (bicyclic) bond motifs is 3. The molecule has 9 heteroatoms. The third-order valence-corrected chi connectivity index (χ3v) is 6.97. The van der Waals surface area contributed by atoms with Gasteiger partial charge in [-0.25, -0.2) is 9.59 Å². The number of unbranched alkanes of at least 4 members (excludes halogenated alkanes) is 1. The smallest absolute Gasteiger partial charge is 0.407 e. The molecule has 8 nitrogen and oxygen atoms in total. The molecule has 4 rings (SSSR count). The van der Waals surface area contributed by atoms with Crippen molar-refractivity contribution in [2.45, 2.75) is 45.1 Å². The normalized spacial score (nSPS) is 13.0. The Labute approximate surface area is 207 Å². The summed E-state index contributed by atoms with van der Waals surface area (Å²) >= 11 is 0.900. The van der Waals surface area contributed by atoms with E-state index in [1.54, 1.807) is 6.92 Å². The molecule has 3 N–H and O–H groups in total. The van der Waals surface area contributed by atoms with Crippen LogP contribution in [0.1, 0.15) is 59.3 Å². The second kappa shape index (κ2) is 10.7. The summed E-state index contributed by atoms with van der Waals surface area (Å²) in [6.07, 6.45) is 1.24. The highest BCUT2D eigenvalue weighted by atomic mass is 32.1. The summed E-state index contributed by atoms with van der Waals surface area (Å²) in [6, 6.07) is 15.2.